The van der Waals surface area contributed by atoms with E-state index < -0.39 is 5.66 Å². The fraction of sp³-hybridized carbons (Fsp3) is 0.529. The zero-order valence-electron chi connectivity index (χ0n) is 14.6. The van der Waals surface area contributed by atoms with Gasteiger partial charge in [0.15, 0.2) is 5.11 Å². The Kier molecular flexibility index (Phi) is 5.26. The van der Waals surface area contributed by atoms with Gasteiger partial charge in [-0.2, -0.15) is 0 Å². The number of benzene rings is 1. The van der Waals surface area contributed by atoms with E-state index in [2.05, 4.69) is 30.7 Å². The third-order valence-corrected chi connectivity index (χ3v) is 4.67. The summed E-state index contributed by atoms with van der Waals surface area (Å²) >= 11 is 5.48. The molecule has 0 bridgehead atoms. The van der Waals surface area contributed by atoms with Crippen LogP contribution in [0.3, 0.4) is 0 Å². The van der Waals surface area contributed by atoms with Gasteiger partial charge in [0.2, 0.25) is 5.91 Å². The van der Waals surface area contributed by atoms with Crippen LogP contribution in [0.15, 0.2) is 18.2 Å². The maximum absolute atomic E-state index is 12.4. The zero-order chi connectivity index (χ0) is 17.2. The summed E-state index contributed by atoms with van der Waals surface area (Å²) in [5.74, 6) is 0.114. The summed E-state index contributed by atoms with van der Waals surface area (Å²) < 4.78 is 0. The molecule has 1 atom stereocenters. The van der Waals surface area contributed by atoms with Crippen LogP contribution < -0.4 is 15.8 Å². The zero-order valence-corrected chi connectivity index (χ0v) is 15.4. The van der Waals surface area contributed by atoms with Crippen molar-refractivity contribution in [3.05, 3.63) is 29.3 Å². The molecule has 1 amide bonds. The Labute approximate surface area is 144 Å². The number of nitrogens with zero attached hydrogens (tertiary/aromatic N) is 2. The van der Waals surface area contributed by atoms with E-state index >= 15 is 0 Å². The van der Waals surface area contributed by atoms with Gasteiger partial charge in [-0.15, -0.1) is 0 Å². The molecule has 6 heteroatoms. The largest absolute Gasteiger partial charge is 0.343 e. The smallest absolute Gasteiger partial charge is 0.226 e. The van der Waals surface area contributed by atoms with Gasteiger partial charge in [-0.1, -0.05) is 12.1 Å². The molecular formula is C17H26N4OS. The van der Waals surface area contributed by atoms with E-state index in [0.29, 0.717) is 11.5 Å². The van der Waals surface area contributed by atoms with Crippen LogP contribution in [-0.2, 0) is 4.79 Å². The van der Waals surface area contributed by atoms with Gasteiger partial charge in [0.05, 0.1) is 12.1 Å². The lowest BCUT2D eigenvalue weighted by atomic mass is 10.1. The molecule has 1 heterocycles. The molecule has 1 saturated heterocycles. The second-order valence-electron chi connectivity index (χ2n) is 6.17. The maximum Gasteiger partial charge on any atom is 0.226 e. The highest BCUT2D eigenvalue weighted by atomic mass is 32.1. The standard InChI is InChI=1S/C17H26N4OS/c1-6-20(7-2)15(22)11-17(5)18-16(23)21(19-17)14-10-8-9-12(3)13(14)4/h8-10,19H,6-7,11H2,1-5H3,(H,18,23). The average Bonchev–Trinajstić information content (AvgIpc) is 2.78. The molecule has 5 nitrogen and oxygen atoms in total. The van der Waals surface area contributed by atoms with Gasteiger partial charge in [0.1, 0.15) is 5.66 Å². The molecule has 0 saturated carbocycles. The van der Waals surface area contributed by atoms with E-state index in [-0.39, 0.29) is 5.91 Å². The number of rotatable bonds is 5. The third-order valence-electron chi connectivity index (χ3n) is 4.38. The second-order valence-corrected chi connectivity index (χ2v) is 6.56. The van der Waals surface area contributed by atoms with E-state index in [4.69, 9.17) is 12.2 Å². The fourth-order valence-corrected chi connectivity index (χ4v) is 3.21. The normalized spacial score (nSPS) is 20.6. The quantitative estimate of drug-likeness (QED) is 0.810. The molecule has 126 valence electrons. The Bertz CT molecular complexity index is 615. The molecule has 1 aromatic rings. The predicted molar refractivity (Wildman–Crippen MR) is 98.2 cm³/mol. The fourth-order valence-electron chi connectivity index (χ4n) is 2.84. The van der Waals surface area contributed by atoms with Gasteiger partial charge in [0.25, 0.3) is 0 Å². The minimum absolute atomic E-state index is 0.114. The second kappa shape index (κ2) is 6.84. The first-order valence-electron chi connectivity index (χ1n) is 8.05. The van der Waals surface area contributed by atoms with Crippen LogP contribution in [0, 0.1) is 13.8 Å². The summed E-state index contributed by atoms with van der Waals surface area (Å²) in [7, 11) is 0. The van der Waals surface area contributed by atoms with Crippen LogP contribution in [0.4, 0.5) is 5.69 Å². The molecule has 2 rings (SSSR count). The molecule has 2 N–H and O–H groups in total. The summed E-state index contributed by atoms with van der Waals surface area (Å²) in [6.07, 6.45) is 0.343. The van der Waals surface area contributed by atoms with Crippen molar-refractivity contribution < 1.29 is 4.79 Å². The van der Waals surface area contributed by atoms with Crippen LogP contribution in [0.5, 0.6) is 0 Å². The minimum atomic E-state index is -0.576. The number of thiocarbonyl (C=S) groups is 1. The molecule has 0 aliphatic carbocycles. The van der Waals surface area contributed by atoms with Crippen LogP contribution in [0.25, 0.3) is 0 Å². The summed E-state index contributed by atoms with van der Waals surface area (Å²) in [4.78, 5) is 14.3. The van der Waals surface area contributed by atoms with Gasteiger partial charge in [-0.25, -0.2) is 10.4 Å². The van der Waals surface area contributed by atoms with Gasteiger partial charge < -0.3 is 10.2 Å². The van der Waals surface area contributed by atoms with Crippen LogP contribution in [0.1, 0.15) is 38.3 Å². The summed E-state index contributed by atoms with van der Waals surface area (Å²) in [6, 6.07) is 6.12. The molecule has 1 fully saturated rings. The minimum Gasteiger partial charge on any atom is -0.343 e. The topological polar surface area (TPSA) is 47.6 Å². The van der Waals surface area contributed by atoms with Gasteiger partial charge in [0, 0.05) is 13.1 Å². The third kappa shape index (κ3) is 3.64. The number of nitrogens with one attached hydrogen (secondary N) is 2. The number of hydrogen-bond donors (Lipinski definition) is 2. The first kappa shape index (κ1) is 17.7. The van der Waals surface area contributed by atoms with Crippen LogP contribution in [0.2, 0.25) is 0 Å². The van der Waals surface area contributed by atoms with Crippen LogP contribution in [-0.4, -0.2) is 34.7 Å². The van der Waals surface area contributed by atoms with Crippen molar-refractivity contribution in [3.63, 3.8) is 0 Å². The average molecular weight is 334 g/mol. The van der Waals surface area contributed by atoms with E-state index in [1.165, 1.54) is 11.1 Å². The summed E-state index contributed by atoms with van der Waals surface area (Å²) in [5, 5.41) is 5.72. The van der Waals surface area contributed by atoms with Crippen molar-refractivity contribution in [3.8, 4) is 0 Å². The van der Waals surface area contributed by atoms with E-state index in [1.54, 1.807) is 0 Å². The number of carbonyl (C=O) groups excluding carboxylic acids is 1. The highest BCUT2D eigenvalue weighted by Gasteiger charge is 2.39. The maximum atomic E-state index is 12.4. The van der Waals surface area contributed by atoms with Crippen LogP contribution >= 0.6 is 12.2 Å². The van der Waals surface area contributed by atoms with Gasteiger partial charge >= 0.3 is 0 Å². The Morgan fingerprint density at radius 2 is 1.96 bits per heavy atom. The lowest BCUT2D eigenvalue weighted by Crippen LogP contribution is -2.52. The molecule has 0 radical (unpaired) electrons. The molecule has 1 aliphatic rings. The number of hydrogen-bond acceptors (Lipinski definition) is 3. The highest BCUT2D eigenvalue weighted by Crippen LogP contribution is 2.26. The molecule has 23 heavy (non-hydrogen) atoms. The lowest BCUT2D eigenvalue weighted by Gasteiger charge is -2.28. The molecule has 1 aromatic carbocycles. The molecule has 1 unspecified atom stereocenters. The first-order chi connectivity index (χ1) is 10.8. The van der Waals surface area contributed by atoms with Gasteiger partial charge in [-0.3, -0.25) is 4.79 Å². The summed E-state index contributed by atoms with van der Waals surface area (Å²) in [5.41, 5.74) is 6.19. The number of hydrazine groups is 1. The van der Waals surface area contributed by atoms with Crippen molar-refractivity contribution in [2.24, 2.45) is 0 Å². The lowest BCUT2D eigenvalue weighted by molar-refractivity contribution is -0.132. The Balaban J connectivity index is 2.18. The van der Waals surface area contributed by atoms with Gasteiger partial charge in [-0.05, 0) is 64.0 Å². The predicted octanol–water partition coefficient (Wildman–Crippen LogP) is 2.48. The molecule has 0 aromatic heterocycles. The number of anilines is 1. The van der Waals surface area contributed by atoms with E-state index in [9.17, 15) is 4.79 Å². The van der Waals surface area contributed by atoms with E-state index in [0.717, 1.165) is 18.8 Å². The van der Waals surface area contributed by atoms with Crippen molar-refractivity contribution in [2.75, 3.05) is 18.1 Å². The molecular weight excluding hydrogens is 308 g/mol. The SMILES string of the molecule is CCN(CC)C(=O)CC1(C)NC(=S)N(c2cccc(C)c2C)N1. The van der Waals surface area contributed by atoms with E-state index in [1.807, 2.05) is 42.8 Å². The first-order valence-corrected chi connectivity index (χ1v) is 8.46. The van der Waals surface area contributed by atoms with Crippen molar-refractivity contribution in [2.45, 2.75) is 46.7 Å². The Morgan fingerprint density at radius 1 is 1.30 bits per heavy atom. The van der Waals surface area contributed by atoms with Crippen molar-refractivity contribution in [1.82, 2.24) is 15.6 Å². The monoisotopic (exact) mass is 334 g/mol. The Morgan fingerprint density at radius 3 is 2.57 bits per heavy atom. The number of aryl methyl sites for hydroxylation is 1. The summed E-state index contributed by atoms with van der Waals surface area (Å²) in [6.45, 7) is 11.5. The molecule has 1 aliphatic heterocycles. The van der Waals surface area contributed by atoms with Crippen molar-refractivity contribution >= 4 is 28.9 Å². The Hall–Kier alpha value is -1.66. The highest BCUT2D eigenvalue weighted by molar-refractivity contribution is 7.80. The number of amides is 1. The molecule has 0 spiro atoms. The van der Waals surface area contributed by atoms with Crippen molar-refractivity contribution in [1.29, 1.82) is 0 Å². The number of carbonyl (C=O) groups is 1.